The molecule has 3 N–H and O–H groups in total. The highest BCUT2D eigenvalue weighted by Crippen LogP contribution is 2.51. The van der Waals surface area contributed by atoms with E-state index in [0.29, 0.717) is 6.54 Å². The predicted molar refractivity (Wildman–Crippen MR) is 96.6 cm³/mol. The van der Waals surface area contributed by atoms with Gasteiger partial charge in [0.25, 0.3) is 0 Å². The molecule has 0 saturated heterocycles. The van der Waals surface area contributed by atoms with Crippen LogP contribution in [0.2, 0.25) is 0 Å². The molecule has 5 heteroatoms. The van der Waals surface area contributed by atoms with Crippen molar-refractivity contribution in [2.45, 2.75) is 49.2 Å². The Morgan fingerprint density at radius 3 is 2.32 bits per heavy atom. The molecule has 0 atom stereocenters. The van der Waals surface area contributed by atoms with E-state index in [1.54, 1.807) is 0 Å². The number of hydrogen-bond donors (Lipinski definition) is 2. The van der Waals surface area contributed by atoms with Gasteiger partial charge in [0.2, 0.25) is 5.91 Å². The number of carbonyl (C=O) groups excluding carboxylic acids is 1. The molecule has 0 radical (unpaired) electrons. The van der Waals surface area contributed by atoms with Crippen LogP contribution in [0.5, 0.6) is 0 Å². The van der Waals surface area contributed by atoms with Gasteiger partial charge in [0.1, 0.15) is 0 Å². The fourth-order valence-corrected chi connectivity index (χ4v) is 3.82. The lowest BCUT2D eigenvalue weighted by atomic mass is 9.81. The first kappa shape index (κ1) is 19.3. The molecule has 0 heterocycles. The molecule has 0 aliphatic heterocycles. The summed E-state index contributed by atoms with van der Waals surface area (Å²) in [5.74, 6) is 0.120. The van der Waals surface area contributed by atoms with Crippen LogP contribution in [-0.2, 0) is 4.79 Å². The zero-order chi connectivity index (χ0) is 15.3. The SMILES string of the molecule is CCC(CC)(CN)C(=O)NCC1(Sc2ccccc2)CC1.Cl. The van der Waals surface area contributed by atoms with Crippen molar-refractivity contribution >= 4 is 30.1 Å². The van der Waals surface area contributed by atoms with Gasteiger partial charge < -0.3 is 11.1 Å². The summed E-state index contributed by atoms with van der Waals surface area (Å²) in [4.78, 5) is 13.8. The number of nitrogens with one attached hydrogen (secondary N) is 1. The average Bonchev–Trinajstić information content (AvgIpc) is 3.28. The van der Waals surface area contributed by atoms with Gasteiger partial charge in [-0.15, -0.1) is 24.2 Å². The van der Waals surface area contributed by atoms with Crippen molar-refractivity contribution in [1.82, 2.24) is 5.32 Å². The number of rotatable bonds is 8. The molecule has 1 amide bonds. The van der Waals surface area contributed by atoms with Crippen LogP contribution in [-0.4, -0.2) is 23.7 Å². The van der Waals surface area contributed by atoms with E-state index >= 15 is 0 Å². The highest BCUT2D eigenvalue weighted by atomic mass is 35.5. The second kappa shape index (κ2) is 8.23. The van der Waals surface area contributed by atoms with E-state index < -0.39 is 5.41 Å². The third kappa shape index (κ3) is 4.40. The van der Waals surface area contributed by atoms with Gasteiger partial charge in [-0.25, -0.2) is 0 Å². The Balaban J connectivity index is 0.00000242. The average molecular weight is 343 g/mol. The zero-order valence-electron chi connectivity index (χ0n) is 13.4. The molecule has 1 fully saturated rings. The molecule has 124 valence electrons. The standard InChI is InChI=1S/C17H26N2OS.ClH/c1-3-16(4-2,12-18)15(20)19-13-17(10-11-17)21-14-8-6-5-7-9-14;/h5-9H,3-4,10-13,18H2,1-2H3,(H,19,20);1H. The van der Waals surface area contributed by atoms with E-state index in [9.17, 15) is 4.79 Å². The van der Waals surface area contributed by atoms with Crippen molar-refractivity contribution in [3.63, 3.8) is 0 Å². The maximum Gasteiger partial charge on any atom is 0.227 e. The molecule has 1 aliphatic carbocycles. The summed E-state index contributed by atoms with van der Waals surface area (Å²) >= 11 is 1.89. The van der Waals surface area contributed by atoms with Crippen molar-refractivity contribution in [3.05, 3.63) is 30.3 Å². The van der Waals surface area contributed by atoms with E-state index in [2.05, 4.69) is 29.6 Å². The van der Waals surface area contributed by atoms with Crippen LogP contribution in [0.25, 0.3) is 0 Å². The van der Waals surface area contributed by atoms with Gasteiger partial charge in [0.15, 0.2) is 0 Å². The number of halogens is 1. The van der Waals surface area contributed by atoms with Crippen molar-refractivity contribution in [2.75, 3.05) is 13.1 Å². The molecule has 0 unspecified atom stereocenters. The minimum atomic E-state index is -0.395. The minimum Gasteiger partial charge on any atom is -0.354 e. The summed E-state index contributed by atoms with van der Waals surface area (Å²) in [6.45, 7) is 5.25. The third-order valence-corrected chi connectivity index (χ3v) is 6.18. The Hall–Kier alpha value is -0.710. The van der Waals surface area contributed by atoms with Gasteiger partial charge in [-0.05, 0) is 37.8 Å². The summed E-state index contributed by atoms with van der Waals surface area (Å²) in [5.41, 5.74) is 5.45. The summed E-state index contributed by atoms with van der Waals surface area (Å²) in [6, 6.07) is 10.4. The number of nitrogens with two attached hydrogens (primary N) is 1. The first-order valence-electron chi connectivity index (χ1n) is 7.82. The van der Waals surface area contributed by atoms with E-state index in [4.69, 9.17) is 5.73 Å². The van der Waals surface area contributed by atoms with Gasteiger partial charge in [0, 0.05) is 22.7 Å². The lowest BCUT2D eigenvalue weighted by molar-refractivity contribution is -0.131. The highest BCUT2D eigenvalue weighted by Gasteiger charge is 2.45. The van der Waals surface area contributed by atoms with Crippen molar-refractivity contribution in [1.29, 1.82) is 0 Å². The lowest BCUT2D eigenvalue weighted by Gasteiger charge is -2.29. The summed E-state index contributed by atoms with van der Waals surface area (Å²) < 4.78 is 0.193. The van der Waals surface area contributed by atoms with Crippen LogP contribution in [0.3, 0.4) is 0 Å². The summed E-state index contributed by atoms with van der Waals surface area (Å²) in [6.07, 6.45) is 3.93. The van der Waals surface area contributed by atoms with Crippen LogP contribution < -0.4 is 11.1 Å². The second-order valence-corrected chi connectivity index (χ2v) is 7.51. The number of thioether (sulfide) groups is 1. The van der Waals surface area contributed by atoms with Crippen LogP contribution in [0.4, 0.5) is 0 Å². The van der Waals surface area contributed by atoms with Gasteiger partial charge in [-0.3, -0.25) is 4.79 Å². The van der Waals surface area contributed by atoms with Crippen LogP contribution in [0, 0.1) is 5.41 Å². The molecule has 3 nitrogen and oxygen atoms in total. The quantitative estimate of drug-likeness (QED) is 0.758. The number of amides is 1. The van der Waals surface area contributed by atoms with Crippen LogP contribution in [0.15, 0.2) is 35.2 Å². The first-order chi connectivity index (χ1) is 10.1. The Morgan fingerprint density at radius 1 is 1.27 bits per heavy atom. The Morgan fingerprint density at radius 2 is 1.86 bits per heavy atom. The molecule has 0 bridgehead atoms. The smallest absolute Gasteiger partial charge is 0.227 e. The van der Waals surface area contributed by atoms with Crippen molar-refractivity contribution in [2.24, 2.45) is 11.1 Å². The molecule has 0 aromatic heterocycles. The molecule has 1 aliphatic rings. The maximum absolute atomic E-state index is 12.5. The Kier molecular flexibility index (Phi) is 7.23. The Labute approximate surface area is 144 Å². The van der Waals surface area contributed by atoms with Crippen LogP contribution in [0.1, 0.15) is 39.5 Å². The van der Waals surface area contributed by atoms with Crippen molar-refractivity contribution < 1.29 is 4.79 Å². The van der Waals surface area contributed by atoms with Gasteiger partial charge in [0.05, 0.1) is 5.41 Å². The molecule has 1 aromatic rings. The molecule has 1 aromatic carbocycles. The monoisotopic (exact) mass is 342 g/mol. The van der Waals surface area contributed by atoms with Crippen LogP contribution >= 0.6 is 24.2 Å². The first-order valence-corrected chi connectivity index (χ1v) is 8.64. The van der Waals surface area contributed by atoms with E-state index in [1.165, 1.54) is 17.7 Å². The number of hydrogen-bond acceptors (Lipinski definition) is 3. The van der Waals surface area contributed by atoms with Gasteiger partial charge in [-0.1, -0.05) is 32.0 Å². The third-order valence-electron chi connectivity index (χ3n) is 4.68. The number of carbonyl (C=O) groups is 1. The predicted octanol–water partition coefficient (Wildman–Crippen LogP) is 3.61. The largest absolute Gasteiger partial charge is 0.354 e. The molecule has 0 spiro atoms. The normalized spacial score (nSPS) is 15.8. The molecule has 2 rings (SSSR count). The van der Waals surface area contributed by atoms with Gasteiger partial charge >= 0.3 is 0 Å². The fraction of sp³-hybridized carbons (Fsp3) is 0.588. The number of benzene rings is 1. The van der Waals surface area contributed by atoms with E-state index in [0.717, 1.165) is 19.4 Å². The minimum absolute atomic E-state index is 0. The fourth-order valence-electron chi connectivity index (χ4n) is 2.57. The lowest BCUT2D eigenvalue weighted by Crippen LogP contribution is -2.47. The van der Waals surface area contributed by atoms with Gasteiger partial charge in [-0.2, -0.15) is 0 Å². The second-order valence-electron chi connectivity index (χ2n) is 5.97. The summed E-state index contributed by atoms with van der Waals surface area (Å²) in [7, 11) is 0. The van der Waals surface area contributed by atoms with E-state index in [-0.39, 0.29) is 23.1 Å². The Bertz CT molecular complexity index is 465. The molecular formula is C17H27ClN2OS. The van der Waals surface area contributed by atoms with Crippen molar-refractivity contribution in [3.8, 4) is 0 Å². The zero-order valence-corrected chi connectivity index (χ0v) is 15.1. The topological polar surface area (TPSA) is 55.1 Å². The molecular weight excluding hydrogens is 316 g/mol. The molecule has 22 heavy (non-hydrogen) atoms. The van der Waals surface area contributed by atoms with E-state index in [1.807, 2.05) is 31.7 Å². The highest BCUT2D eigenvalue weighted by molar-refractivity contribution is 8.01. The maximum atomic E-state index is 12.5. The summed E-state index contributed by atoms with van der Waals surface area (Å²) in [5, 5.41) is 3.16. The molecule has 1 saturated carbocycles.